The molecule has 1 aromatic heterocycles. The van der Waals surface area contributed by atoms with Crippen molar-refractivity contribution in [1.29, 1.82) is 0 Å². The Morgan fingerprint density at radius 2 is 2.00 bits per heavy atom. The lowest BCUT2D eigenvalue weighted by atomic mass is 10.1. The molecule has 0 saturated heterocycles. The van der Waals surface area contributed by atoms with Gasteiger partial charge in [-0.3, -0.25) is 0 Å². The third-order valence-electron chi connectivity index (χ3n) is 2.84. The molecule has 0 atom stereocenters. The predicted octanol–water partition coefficient (Wildman–Crippen LogP) is 4.56. The molecule has 1 nitrogen and oxygen atoms in total. The third kappa shape index (κ3) is 2.62. The zero-order valence-corrected chi connectivity index (χ0v) is 9.33. The van der Waals surface area contributed by atoms with Gasteiger partial charge in [0, 0.05) is 5.39 Å². The Kier molecular flexibility index (Phi) is 3.44. The van der Waals surface area contributed by atoms with E-state index in [0.717, 1.165) is 5.58 Å². The summed E-state index contributed by atoms with van der Waals surface area (Å²) in [5.41, 5.74) is 2.42. The second kappa shape index (κ2) is 5.01. The van der Waals surface area contributed by atoms with Crippen LogP contribution >= 0.6 is 0 Å². The van der Waals surface area contributed by atoms with Crippen molar-refractivity contribution >= 4 is 11.0 Å². The number of fused-ring (bicyclic) bond motifs is 1. The maximum absolute atomic E-state index is 5.32. The van der Waals surface area contributed by atoms with Crippen LogP contribution in [0.1, 0.15) is 38.2 Å². The molecule has 2 rings (SSSR count). The Morgan fingerprint density at radius 3 is 2.87 bits per heavy atom. The smallest absolute Gasteiger partial charge is 0.133 e. The molecule has 0 aliphatic heterocycles. The van der Waals surface area contributed by atoms with Gasteiger partial charge in [0.25, 0.3) is 0 Å². The van der Waals surface area contributed by atoms with Crippen LogP contribution in [0.15, 0.2) is 34.9 Å². The molecule has 0 N–H and O–H groups in total. The number of aryl methyl sites for hydroxylation is 1. The van der Waals surface area contributed by atoms with E-state index in [1.807, 2.05) is 6.07 Å². The van der Waals surface area contributed by atoms with E-state index < -0.39 is 0 Å². The molecular formula is C14H18O. The molecule has 0 aliphatic rings. The van der Waals surface area contributed by atoms with Gasteiger partial charge in [-0.05, 0) is 36.6 Å². The van der Waals surface area contributed by atoms with Crippen molar-refractivity contribution < 1.29 is 4.42 Å². The number of unbranched alkanes of at least 4 members (excludes halogenated alkanes) is 3. The van der Waals surface area contributed by atoms with E-state index in [-0.39, 0.29) is 0 Å². The zero-order chi connectivity index (χ0) is 10.5. The molecule has 1 heterocycles. The molecule has 0 spiro atoms. The van der Waals surface area contributed by atoms with Crippen molar-refractivity contribution in [3.63, 3.8) is 0 Å². The minimum Gasteiger partial charge on any atom is -0.464 e. The van der Waals surface area contributed by atoms with Gasteiger partial charge in [-0.2, -0.15) is 0 Å². The normalized spacial score (nSPS) is 11.0. The SMILES string of the molecule is CCCCCCc1ccc2occc2c1. The van der Waals surface area contributed by atoms with Crippen LogP contribution in [0.2, 0.25) is 0 Å². The van der Waals surface area contributed by atoms with Crippen LogP contribution in [0.25, 0.3) is 11.0 Å². The number of hydrogen-bond acceptors (Lipinski definition) is 1. The van der Waals surface area contributed by atoms with Gasteiger partial charge in [-0.1, -0.05) is 32.3 Å². The van der Waals surface area contributed by atoms with Crippen LogP contribution in [0.3, 0.4) is 0 Å². The van der Waals surface area contributed by atoms with Crippen molar-refractivity contribution in [3.05, 3.63) is 36.1 Å². The molecule has 0 amide bonds. The summed E-state index contributed by atoms with van der Waals surface area (Å²) in [4.78, 5) is 0. The molecular weight excluding hydrogens is 184 g/mol. The van der Waals surface area contributed by atoms with Gasteiger partial charge in [0.05, 0.1) is 6.26 Å². The summed E-state index contributed by atoms with van der Waals surface area (Å²) in [7, 11) is 0. The summed E-state index contributed by atoms with van der Waals surface area (Å²) in [5.74, 6) is 0. The highest BCUT2D eigenvalue weighted by Crippen LogP contribution is 2.18. The number of furan rings is 1. The van der Waals surface area contributed by atoms with E-state index in [2.05, 4.69) is 25.1 Å². The summed E-state index contributed by atoms with van der Waals surface area (Å²) in [5, 5.41) is 1.22. The fraction of sp³-hybridized carbons (Fsp3) is 0.429. The van der Waals surface area contributed by atoms with E-state index >= 15 is 0 Å². The van der Waals surface area contributed by atoms with Gasteiger partial charge in [-0.25, -0.2) is 0 Å². The summed E-state index contributed by atoms with van der Waals surface area (Å²) in [6.07, 6.45) is 8.26. The van der Waals surface area contributed by atoms with Gasteiger partial charge in [0.15, 0.2) is 0 Å². The molecule has 1 heteroatoms. The number of hydrogen-bond donors (Lipinski definition) is 0. The first-order valence-corrected chi connectivity index (χ1v) is 5.86. The molecule has 80 valence electrons. The maximum atomic E-state index is 5.32. The Hall–Kier alpha value is -1.24. The predicted molar refractivity (Wildman–Crippen MR) is 64.1 cm³/mol. The van der Waals surface area contributed by atoms with Crippen LogP contribution in [0, 0.1) is 0 Å². The maximum Gasteiger partial charge on any atom is 0.133 e. The monoisotopic (exact) mass is 202 g/mol. The quantitative estimate of drug-likeness (QED) is 0.648. The Bertz CT molecular complexity index is 414. The minimum atomic E-state index is 0.993. The average Bonchev–Trinajstić information content (AvgIpc) is 2.71. The first-order chi connectivity index (χ1) is 7.40. The van der Waals surface area contributed by atoms with Crippen LogP contribution < -0.4 is 0 Å². The molecule has 2 aromatic rings. The molecule has 0 fully saturated rings. The van der Waals surface area contributed by atoms with E-state index in [4.69, 9.17) is 4.42 Å². The third-order valence-corrected chi connectivity index (χ3v) is 2.84. The molecule has 0 unspecified atom stereocenters. The highest BCUT2D eigenvalue weighted by molar-refractivity contribution is 5.77. The van der Waals surface area contributed by atoms with Gasteiger partial charge < -0.3 is 4.42 Å². The molecule has 1 aromatic carbocycles. The zero-order valence-electron chi connectivity index (χ0n) is 9.33. The van der Waals surface area contributed by atoms with Gasteiger partial charge in [0.1, 0.15) is 5.58 Å². The fourth-order valence-corrected chi connectivity index (χ4v) is 1.93. The highest BCUT2D eigenvalue weighted by atomic mass is 16.3. The Labute approximate surface area is 91.1 Å². The second-order valence-electron chi connectivity index (χ2n) is 4.10. The summed E-state index contributed by atoms with van der Waals surface area (Å²) in [6, 6.07) is 8.53. The standard InChI is InChI=1S/C14H18O/c1-2-3-4-5-6-12-7-8-14-13(11-12)9-10-15-14/h7-11H,2-6H2,1H3. The fourth-order valence-electron chi connectivity index (χ4n) is 1.93. The van der Waals surface area contributed by atoms with Gasteiger partial charge in [0.2, 0.25) is 0 Å². The van der Waals surface area contributed by atoms with Crippen molar-refractivity contribution in [2.45, 2.75) is 39.0 Å². The summed E-state index contributed by atoms with van der Waals surface area (Å²) < 4.78 is 5.32. The lowest BCUT2D eigenvalue weighted by Crippen LogP contribution is -1.85. The van der Waals surface area contributed by atoms with Crippen molar-refractivity contribution in [2.24, 2.45) is 0 Å². The molecule has 0 aliphatic carbocycles. The second-order valence-corrected chi connectivity index (χ2v) is 4.10. The van der Waals surface area contributed by atoms with Crippen LogP contribution in [-0.2, 0) is 6.42 Å². The lowest BCUT2D eigenvalue weighted by Gasteiger charge is -2.00. The minimum absolute atomic E-state index is 0.993. The topological polar surface area (TPSA) is 13.1 Å². The molecule has 0 saturated carbocycles. The first kappa shape index (κ1) is 10.3. The van der Waals surface area contributed by atoms with E-state index in [1.54, 1.807) is 6.26 Å². The van der Waals surface area contributed by atoms with Crippen molar-refractivity contribution in [2.75, 3.05) is 0 Å². The highest BCUT2D eigenvalue weighted by Gasteiger charge is 1.98. The summed E-state index contributed by atoms with van der Waals surface area (Å²) in [6.45, 7) is 2.25. The first-order valence-electron chi connectivity index (χ1n) is 5.86. The lowest BCUT2D eigenvalue weighted by molar-refractivity contribution is 0.615. The van der Waals surface area contributed by atoms with E-state index in [1.165, 1.54) is 43.1 Å². The van der Waals surface area contributed by atoms with E-state index in [9.17, 15) is 0 Å². The van der Waals surface area contributed by atoms with Crippen molar-refractivity contribution in [3.8, 4) is 0 Å². The molecule has 15 heavy (non-hydrogen) atoms. The van der Waals surface area contributed by atoms with Gasteiger partial charge >= 0.3 is 0 Å². The number of rotatable bonds is 5. The van der Waals surface area contributed by atoms with Crippen LogP contribution in [0.5, 0.6) is 0 Å². The number of benzene rings is 1. The van der Waals surface area contributed by atoms with Gasteiger partial charge in [-0.15, -0.1) is 0 Å². The molecule has 0 bridgehead atoms. The molecule has 0 radical (unpaired) electrons. The van der Waals surface area contributed by atoms with Crippen LogP contribution in [0.4, 0.5) is 0 Å². The average molecular weight is 202 g/mol. The Morgan fingerprint density at radius 1 is 1.07 bits per heavy atom. The summed E-state index contributed by atoms with van der Waals surface area (Å²) >= 11 is 0. The van der Waals surface area contributed by atoms with E-state index in [0.29, 0.717) is 0 Å². The largest absolute Gasteiger partial charge is 0.464 e. The Balaban J connectivity index is 1.96. The van der Waals surface area contributed by atoms with Crippen LogP contribution in [-0.4, -0.2) is 0 Å². The van der Waals surface area contributed by atoms with Crippen molar-refractivity contribution in [1.82, 2.24) is 0 Å².